The van der Waals surface area contributed by atoms with Crippen molar-refractivity contribution in [3.63, 3.8) is 0 Å². The highest BCUT2D eigenvalue weighted by Gasteiger charge is 2.29. The summed E-state index contributed by atoms with van der Waals surface area (Å²) in [6, 6.07) is 8.50. The van der Waals surface area contributed by atoms with Crippen molar-refractivity contribution in [2.75, 3.05) is 18.1 Å². The van der Waals surface area contributed by atoms with E-state index in [0.717, 1.165) is 59.5 Å². The number of phenols is 1. The van der Waals surface area contributed by atoms with Crippen molar-refractivity contribution in [3.8, 4) is 23.1 Å². The molecule has 0 saturated carbocycles. The zero-order chi connectivity index (χ0) is 51.5. The number of rotatable bonds is 20. The van der Waals surface area contributed by atoms with Crippen LogP contribution in [0.25, 0.3) is 16.5 Å². The molecule has 0 amide bonds. The third-order valence-electron chi connectivity index (χ3n) is 8.90. The average molecular weight is 1090 g/mol. The number of carboxylic acids is 2. The number of benzene rings is 4. The van der Waals surface area contributed by atoms with E-state index in [2.05, 4.69) is 46.0 Å². The molecule has 370 valence electrons. The topological polar surface area (TPSA) is 460 Å². The Hall–Kier alpha value is -6.96. The number of ether oxygens (including phenoxy) is 1. The number of carboxylic acid groups (broad SMARTS) is 2. The Morgan fingerprint density at radius 1 is 0.743 bits per heavy atom. The van der Waals surface area contributed by atoms with Gasteiger partial charge in [-0.1, -0.05) is 23.1 Å². The second-order valence-electron chi connectivity index (χ2n) is 13.8. The highest BCUT2D eigenvalue weighted by molar-refractivity contribution is 8.01. The molecule has 0 aliphatic rings. The summed E-state index contributed by atoms with van der Waals surface area (Å²) in [5, 5.41) is 74.3. The van der Waals surface area contributed by atoms with E-state index in [0.29, 0.717) is 20.7 Å². The predicted molar refractivity (Wildman–Crippen MR) is 240 cm³/mol. The summed E-state index contributed by atoms with van der Waals surface area (Å²) < 4.78 is 143. The SMILES string of the molecule is Cc1cc(N=Nc2c(S(=O)(=O)O)cc3c(S(=O)(=O)O)c(N=Nc4c(C(=O)O)nn(-c5ccc(S(=O)(=O)O)cc5)c4O)ccc3c2O)c(OCCCS(=O)(=O)O)cc1N=Nc1nnc(SCCC(=O)O)s1. The fourth-order valence-electron chi connectivity index (χ4n) is 5.82. The number of thioether (sulfide) groups is 1. The fraction of sp³-hybridized carbons (Fsp3) is 0.171. The third-order valence-corrected chi connectivity index (χ3v) is 14.3. The summed E-state index contributed by atoms with van der Waals surface area (Å²) in [4.78, 5) is 19.8. The van der Waals surface area contributed by atoms with Gasteiger partial charge in [0.05, 0.1) is 35.1 Å². The fourth-order valence-corrected chi connectivity index (χ4v) is 9.91. The lowest BCUT2D eigenvalue weighted by molar-refractivity contribution is -0.136. The van der Waals surface area contributed by atoms with Crippen molar-refractivity contribution in [2.24, 2.45) is 30.7 Å². The quantitative estimate of drug-likeness (QED) is 0.0175. The van der Waals surface area contributed by atoms with Crippen LogP contribution in [-0.2, 0) is 45.3 Å². The molecule has 6 rings (SSSR count). The molecular weight excluding hydrogens is 1060 g/mol. The number of hydrogen-bond donors (Lipinski definition) is 8. The molecule has 70 heavy (non-hydrogen) atoms. The molecule has 35 heteroatoms. The van der Waals surface area contributed by atoms with Crippen LogP contribution < -0.4 is 4.74 Å². The van der Waals surface area contributed by atoms with Crippen LogP contribution in [-0.4, -0.2) is 122 Å². The Kier molecular flexibility index (Phi) is 15.4. The van der Waals surface area contributed by atoms with E-state index in [9.17, 15) is 76.8 Å². The molecule has 0 spiro atoms. The number of fused-ring (bicyclic) bond motifs is 1. The van der Waals surface area contributed by atoms with E-state index in [4.69, 9.17) is 9.84 Å². The zero-order valence-corrected chi connectivity index (χ0v) is 39.6. The second kappa shape index (κ2) is 20.6. The minimum Gasteiger partial charge on any atom is -0.505 e. The number of hydrogen-bond acceptors (Lipinski definition) is 24. The number of aromatic carboxylic acids is 1. The van der Waals surface area contributed by atoms with Gasteiger partial charge in [0.2, 0.25) is 11.6 Å². The van der Waals surface area contributed by atoms with Gasteiger partial charge in [-0.05, 0) is 67.4 Å². The monoisotopic (exact) mass is 1090 g/mol. The Labute approximate surface area is 401 Å². The summed E-state index contributed by atoms with van der Waals surface area (Å²) in [5.41, 5.74) is -3.80. The molecule has 29 nitrogen and oxygen atoms in total. The highest BCUT2D eigenvalue weighted by Crippen LogP contribution is 2.47. The number of carbonyl (C=O) groups is 2. The van der Waals surface area contributed by atoms with Gasteiger partial charge in [-0.25, -0.2) is 4.79 Å². The van der Waals surface area contributed by atoms with Crippen LogP contribution in [0.15, 0.2) is 104 Å². The van der Waals surface area contributed by atoms with Crippen molar-refractivity contribution >= 4 is 120 Å². The highest BCUT2D eigenvalue weighted by atomic mass is 32.2. The second-order valence-corrected chi connectivity index (χ2v) is 21.8. The van der Waals surface area contributed by atoms with Crippen LogP contribution in [0.2, 0.25) is 0 Å². The molecule has 0 aliphatic carbocycles. The van der Waals surface area contributed by atoms with Gasteiger partial charge in [-0.15, -0.1) is 40.9 Å². The van der Waals surface area contributed by atoms with Crippen molar-refractivity contribution < 1.29 is 86.6 Å². The molecule has 0 aliphatic heterocycles. The van der Waals surface area contributed by atoms with Crippen LogP contribution in [0.3, 0.4) is 0 Å². The Bertz CT molecular complexity index is 3640. The molecule has 0 fully saturated rings. The average Bonchev–Trinajstić information content (AvgIpc) is 3.85. The first-order valence-corrected chi connectivity index (χ1v) is 26.4. The lowest BCUT2D eigenvalue weighted by Crippen LogP contribution is -2.08. The number of aliphatic carboxylic acids is 1. The lowest BCUT2D eigenvalue weighted by Gasteiger charge is -2.13. The van der Waals surface area contributed by atoms with Gasteiger partial charge in [0.1, 0.15) is 32.6 Å². The number of aromatic hydroxyl groups is 2. The maximum atomic E-state index is 12.9. The first kappa shape index (κ1) is 52.4. The van der Waals surface area contributed by atoms with E-state index in [1.807, 2.05) is 0 Å². The van der Waals surface area contributed by atoms with Crippen LogP contribution in [0, 0.1) is 6.92 Å². The van der Waals surface area contributed by atoms with Crippen molar-refractivity contribution in [3.05, 3.63) is 65.9 Å². The van der Waals surface area contributed by atoms with Gasteiger partial charge in [-0.2, -0.15) is 43.5 Å². The van der Waals surface area contributed by atoms with Gasteiger partial charge in [0.15, 0.2) is 15.8 Å². The van der Waals surface area contributed by atoms with Crippen molar-refractivity contribution in [1.29, 1.82) is 0 Å². The first-order chi connectivity index (χ1) is 32.6. The predicted octanol–water partition coefficient (Wildman–Crippen LogP) is 6.50. The minimum atomic E-state index is -5.54. The van der Waals surface area contributed by atoms with Gasteiger partial charge >= 0.3 is 11.9 Å². The third kappa shape index (κ3) is 12.6. The van der Waals surface area contributed by atoms with Gasteiger partial charge in [-0.3, -0.25) is 23.0 Å². The summed E-state index contributed by atoms with van der Waals surface area (Å²) in [7, 11) is -20.1. The maximum absolute atomic E-state index is 12.9. The number of azo groups is 3. The smallest absolute Gasteiger partial charge is 0.358 e. The molecule has 0 saturated heterocycles. The van der Waals surface area contributed by atoms with Crippen LogP contribution >= 0.6 is 23.1 Å². The molecule has 0 atom stereocenters. The van der Waals surface area contributed by atoms with Crippen molar-refractivity contribution in [2.45, 2.75) is 38.8 Å². The van der Waals surface area contributed by atoms with Gasteiger partial charge in [0.25, 0.3) is 45.6 Å². The number of phenolic OH excluding ortho intramolecular Hbond substituents is 1. The van der Waals surface area contributed by atoms with E-state index in [1.165, 1.54) is 19.1 Å². The number of aryl methyl sites for hydroxylation is 1. The Morgan fingerprint density at radius 3 is 2.01 bits per heavy atom. The Balaban J connectivity index is 1.42. The standard InChI is InChI=1S/C35H30N10O19S6/c1-16-13-23(24(64-10-2-12-67(52,53)54)15-22(16)37-41-34-42-43-35(66-34)65-11-9-26(46)47)38-39-27-25(69(58,59)60)14-20-19(30(27)48)7-8-21(31(20)70(61,62)63)36-40-28-29(33(50)51)44-45(32(28)49)17-3-5-18(6-4-17)68(55,56)57/h3-8,13-15,48-49H,2,9-12H2,1H3,(H,46,47)(H,50,51)(H,52,53,54)(H,55,56,57)(H,58,59,60)(H,61,62,63). The van der Waals surface area contributed by atoms with Crippen LogP contribution in [0.1, 0.15) is 28.9 Å². The first-order valence-electron chi connectivity index (χ1n) is 18.7. The summed E-state index contributed by atoms with van der Waals surface area (Å²) in [6.45, 7) is 1.13. The summed E-state index contributed by atoms with van der Waals surface area (Å²) in [5.74, 6) is -5.75. The number of aromatic nitrogens is 4. The summed E-state index contributed by atoms with van der Waals surface area (Å²) in [6.07, 6.45) is -0.389. The molecule has 4 aromatic carbocycles. The van der Waals surface area contributed by atoms with E-state index < -0.39 is 118 Å². The lowest BCUT2D eigenvalue weighted by atomic mass is 10.1. The molecule has 0 bridgehead atoms. The molecule has 0 radical (unpaired) electrons. The van der Waals surface area contributed by atoms with Crippen LogP contribution in [0.4, 0.5) is 33.6 Å². The molecule has 2 aromatic heterocycles. The van der Waals surface area contributed by atoms with Gasteiger partial charge < -0.3 is 25.2 Å². The maximum Gasteiger partial charge on any atom is 0.358 e. The molecule has 6 aromatic rings. The van der Waals surface area contributed by atoms with Crippen molar-refractivity contribution in [1.82, 2.24) is 20.0 Å². The number of nitrogens with zero attached hydrogens (tertiary/aromatic N) is 10. The molecular formula is C35H30N10O19S6. The Morgan fingerprint density at radius 2 is 1.40 bits per heavy atom. The largest absolute Gasteiger partial charge is 0.505 e. The van der Waals surface area contributed by atoms with Gasteiger partial charge in [0, 0.05) is 22.6 Å². The van der Waals surface area contributed by atoms with E-state index >= 15 is 0 Å². The molecule has 0 unspecified atom stereocenters. The molecule has 2 heterocycles. The normalized spacial score (nSPS) is 12.8. The van der Waals surface area contributed by atoms with E-state index in [-0.39, 0.29) is 53.1 Å². The van der Waals surface area contributed by atoms with Crippen LogP contribution in [0.5, 0.6) is 17.4 Å². The van der Waals surface area contributed by atoms with E-state index in [1.54, 1.807) is 0 Å². The molecule has 8 N–H and O–H groups in total. The minimum absolute atomic E-state index is 0.0684. The zero-order valence-electron chi connectivity index (χ0n) is 34.7. The summed E-state index contributed by atoms with van der Waals surface area (Å²) >= 11 is 2.12.